The molecule has 0 atom stereocenters. The molecule has 0 amide bonds. The third-order valence-corrected chi connectivity index (χ3v) is 6.66. The summed E-state index contributed by atoms with van der Waals surface area (Å²) in [6.45, 7) is 6.44. The molecule has 0 aliphatic carbocycles. The summed E-state index contributed by atoms with van der Waals surface area (Å²) >= 11 is 0. The van der Waals surface area contributed by atoms with Gasteiger partial charge in [0.1, 0.15) is 22.6 Å². The van der Waals surface area contributed by atoms with E-state index in [2.05, 4.69) is 35.9 Å². The van der Waals surface area contributed by atoms with Gasteiger partial charge in [-0.1, -0.05) is 26.7 Å². The van der Waals surface area contributed by atoms with E-state index in [1.165, 1.54) is 17.8 Å². The van der Waals surface area contributed by atoms with E-state index in [0.717, 1.165) is 56.5 Å². The number of benzene rings is 3. The summed E-state index contributed by atoms with van der Waals surface area (Å²) in [4.78, 5) is 6.61. The van der Waals surface area contributed by atoms with Crippen molar-refractivity contribution >= 4 is 27.8 Å². The maximum Gasteiger partial charge on any atom is 0.416 e. The minimum Gasteiger partial charge on any atom is -0.507 e. The topological polar surface area (TPSA) is 62.6 Å². The van der Waals surface area contributed by atoms with E-state index >= 15 is 0 Å². The molecule has 38 heavy (non-hydrogen) atoms. The summed E-state index contributed by atoms with van der Waals surface area (Å²) in [6, 6.07) is 16.4. The Bertz CT molecular complexity index is 1540. The molecule has 1 N–H and O–H groups in total. The Hall–Kier alpha value is -3.94. The highest BCUT2D eigenvalue weighted by atomic mass is 19.4. The van der Waals surface area contributed by atoms with E-state index in [4.69, 9.17) is 8.83 Å². The number of fused-ring (bicyclic) bond motifs is 2. The molecule has 0 aliphatic heterocycles. The van der Waals surface area contributed by atoms with Crippen LogP contribution in [0.4, 0.5) is 18.9 Å². The van der Waals surface area contributed by atoms with Crippen LogP contribution in [0.2, 0.25) is 0 Å². The molecule has 3 aromatic carbocycles. The molecule has 0 saturated carbocycles. The minimum absolute atomic E-state index is 0.0325. The smallest absolute Gasteiger partial charge is 0.416 e. The summed E-state index contributed by atoms with van der Waals surface area (Å²) < 4.78 is 50.9. The van der Waals surface area contributed by atoms with Crippen LogP contribution >= 0.6 is 0 Å². The normalized spacial score (nSPS) is 12.0. The number of furan rings is 1. The number of hydrogen-bond donors (Lipinski definition) is 1. The van der Waals surface area contributed by atoms with Gasteiger partial charge in [0.2, 0.25) is 5.89 Å². The monoisotopic (exact) mass is 522 g/mol. The second kappa shape index (κ2) is 10.4. The Balaban J connectivity index is 1.44. The van der Waals surface area contributed by atoms with Crippen LogP contribution in [-0.4, -0.2) is 23.2 Å². The maximum atomic E-state index is 13.1. The van der Waals surface area contributed by atoms with E-state index in [9.17, 15) is 18.3 Å². The molecule has 8 heteroatoms. The molecule has 5 nitrogen and oxygen atoms in total. The van der Waals surface area contributed by atoms with Gasteiger partial charge in [0.05, 0.1) is 11.1 Å². The highest BCUT2D eigenvalue weighted by molar-refractivity contribution is 5.90. The van der Waals surface area contributed by atoms with Gasteiger partial charge in [0.15, 0.2) is 5.58 Å². The fraction of sp³-hybridized carbons (Fsp3) is 0.300. The van der Waals surface area contributed by atoms with Gasteiger partial charge in [-0.2, -0.15) is 13.2 Å². The molecule has 5 aromatic rings. The number of aromatic hydroxyl groups is 1. The molecule has 2 aromatic heterocycles. The van der Waals surface area contributed by atoms with Crippen molar-refractivity contribution in [2.75, 3.05) is 18.0 Å². The van der Waals surface area contributed by atoms with Crippen LogP contribution in [0.1, 0.15) is 45.1 Å². The molecule has 5 rings (SSSR count). The first kappa shape index (κ1) is 25.7. The highest BCUT2D eigenvalue weighted by Gasteiger charge is 2.31. The summed E-state index contributed by atoms with van der Waals surface area (Å²) in [5.41, 5.74) is 2.28. The zero-order valence-corrected chi connectivity index (χ0v) is 21.3. The van der Waals surface area contributed by atoms with Gasteiger partial charge < -0.3 is 18.8 Å². The average molecular weight is 523 g/mol. The Morgan fingerprint density at radius 2 is 1.55 bits per heavy atom. The summed E-state index contributed by atoms with van der Waals surface area (Å²) in [5, 5.41) is 11.4. The van der Waals surface area contributed by atoms with Gasteiger partial charge in [-0.3, -0.25) is 0 Å². The van der Waals surface area contributed by atoms with Crippen LogP contribution in [0.15, 0.2) is 69.5 Å². The molecular weight excluding hydrogens is 493 g/mol. The lowest BCUT2D eigenvalue weighted by Gasteiger charge is -2.24. The first-order valence-electron chi connectivity index (χ1n) is 12.9. The maximum absolute atomic E-state index is 13.1. The lowest BCUT2D eigenvalue weighted by atomic mass is 10.1. The zero-order valence-electron chi connectivity index (χ0n) is 21.3. The molecule has 0 radical (unpaired) electrons. The summed E-state index contributed by atoms with van der Waals surface area (Å²) in [6.07, 6.45) is 0.0945. The molecule has 0 spiro atoms. The predicted molar refractivity (Wildman–Crippen MR) is 143 cm³/mol. The molecular formula is C30H29F3N2O3. The van der Waals surface area contributed by atoms with Gasteiger partial charge >= 0.3 is 6.18 Å². The zero-order chi connectivity index (χ0) is 26.9. The Morgan fingerprint density at radius 3 is 2.21 bits per heavy atom. The number of phenolic OH excluding ortho intramolecular Hbond substituents is 1. The number of rotatable bonds is 9. The molecule has 0 saturated heterocycles. The van der Waals surface area contributed by atoms with Crippen molar-refractivity contribution < 1.29 is 27.1 Å². The minimum atomic E-state index is -4.48. The first-order chi connectivity index (χ1) is 18.3. The lowest BCUT2D eigenvalue weighted by molar-refractivity contribution is -0.137. The number of nitrogens with zero attached hydrogens (tertiary/aromatic N) is 2. The van der Waals surface area contributed by atoms with E-state index in [1.807, 2.05) is 18.2 Å². The fourth-order valence-electron chi connectivity index (χ4n) is 4.51. The van der Waals surface area contributed by atoms with E-state index in [-0.39, 0.29) is 28.3 Å². The SMILES string of the molecule is CCCCN(CCCC)c1ccc(-c2cc3cc(-c4nc5cc(C(F)(F)F)ccc5o4)c(O)cc3o2)cc1. The first-order valence-corrected chi connectivity index (χ1v) is 12.9. The molecule has 0 aliphatic rings. The van der Waals surface area contributed by atoms with Gasteiger partial charge in [-0.15, -0.1) is 0 Å². The number of hydrogen-bond acceptors (Lipinski definition) is 5. The van der Waals surface area contributed by atoms with Crippen LogP contribution in [0.5, 0.6) is 5.75 Å². The van der Waals surface area contributed by atoms with Crippen LogP contribution < -0.4 is 4.90 Å². The molecule has 0 fully saturated rings. The Kier molecular flexibility index (Phi) is 7.06. The standard InChI is InChI=1S/C30H29F3N2O3/c1-3-5-13-35(14-6-4-2)22-10-7-19(8-11-22)27-16-20-15-23(25(36)18-28(20)37-27)29-34-24-17-21(30(31,32)33)9-12-26(24)38-29/h7-12,15-18,36H,3-6,13-14H2,1-2H3. The van der Waals surface area contributed by atoms with Crippen molar-refractivity contribution in [3.05, 3.63) is 66.2 Å². The second-order valence-electron chi connectivity index (χ2n) is 9.46. The number of oxazole rings is 1. The van der Waals surface area contributed by atoms with Crippen molar-refractivity contribution in [2.24, 2.45) is 0 Å². The van der Waals surface area contributed by atoms with Gasteiger partial charge in [-0.05, 0) is 67.4 Å². The van der Waals surface area contributed by atoms with Crippen molar-refractivity contribution in [1.82, 2.24) is 4.98 Å². The molecule has 0 unspecified atom stereocenters. The Labute approximate surface area is 218 Å². The van der Waals surface area contributed by atoms with Crippen molar-refractivity contribution in [3.8, 4) is 28.5 Å². The largest absolute Gasteiger partial charge is 0.507 e. The molecule has 2 heterocycles. The Morgan fingerprint density at radius 1 is 0.842 bits per heavy atom. The number of halogens is 3. The van der Waals surface area contributed by atoms with Gasteiger partial charge in [-0.25, -0.2) is 4.98 Å². The number of phenols is 1. The summed E-state index contributed by atoms with van der Waals surface area (Å²) in [7, 11) is 0. The third-order valence-electron chi connectivity index (χ3n) is 6.66. The predicted octanol–water partition coefficient (Wildman–Crippen LogP) is 9.04. The van der Waals surface area contributed by atoms with Crippen LogP contribution in [0.25, 0.3) is 44.8 Å². The fourth-order valence-corrected chi connectivity index (χ4v) is 4.51. The molecule has 0 bridgehead atoms. The van der Waals surface area contributed by atoms with Crippen molar-refractivity contribution in [2.45, 2.75) is 45.7 Å². The third kappa shape index (κ3) is 5.21. The van der Waals surface area contributed by atoms with E-state index < -0.39 is 11.7 Å². The number of unbranched alkanes of at least 4 members (excludes halogenated alkanes) is 2. The van der Waals surface area contributed by atoms with Crippen molar-refractivity contribution in [1.29, 1.82) is 0 Å². The van der Waals surface area contributed by atoms with Crippen LogP contribution in [0, 0.1) is 0 Å². The van der Waals surface area contributed by atoms with Crippen LogP contribution in [0.3, 0.4) is 0 Å². The van der Waals surface area contributed by atoms with E-state index in [0.29, 0.717) is 16.7 Å². The molecule has 198 valence electrons. The van der Waals surface area contributed by atoms with Gasteiger partial charge in [0, 0.05) is 35.8 Å². The highest BCUT2D eigenvalue weighted by Crippen LogP contribution is 2.39. The summed E-state index contributed by atoms with van der Waals surface area (Å²) in [5.74, 6) is 0.535. The van der Waals surface area contributed by atoms with Crippen molar-refractivity contribution in [3.63, 3.8) is 0 Å². The number of aromatic nitrogens is 1. The quantitative estimate of drug-likeness (QED) is 0.209. The number of anilines is 1. The van der Waals surface area contributed by atoms with Crippen LogP contribution in [-0.2, 0) is 6.18 Å². The number of alkyl halides is 3. The average Bonchev–Trinajstić information content (AvgIpc) is 3.51. The second-order valence-corrected chi connectivity index (χ2v) is 9.46. The lowest BCUT2D eigenvalue weighted by Crippen LogP contribution is -2.25. The van der Waals surface area contributed by atoms with E-state index in [1.54, 1.807) is 6.07 Å². The van der Waals surface area contributed by atoms with Gasteiger partial charge in [0.25, 0.3) is 0 Å².